The molecule has 5 heteroatoms. The SMILES string of the molecule is N[C@@H]1c2ccccc2C[C@H]1NC(=O)N1CCOCC2(CCC2)C1. The van der Waals surface area contributed by atoms with Crippen LogP contribution in [-0.4, -0.2) is 43.3 Å². The van der Waals surface area contributed by atoms with Gasteiger partial charge < -0.3 is 20.7 Å². The van der Waals surface area contributed by atoms with Gasteiger partial charge in [0.05, 0.1) is 25.3 Å². The maximum absolute atomic E-state index is 12.7. The smallest absolute Gasteiger partial charge is 0.317 e. The van der Waals surface area contributed by atoms with Crippen LogP contribution in [0.2, 0.25) is 0 Å². The van der Waals surface area contributed by atoms with Crippen molar-refractivity contribution in [1.82, 2.24) is 10.2 Å². The van der Waals surface area contributed by atoms with E-state index in [-0.39, 0.29) is 23.5 Å². The van der Waals surface area contributed by atoms with Gasteiger partial charge in [0, 0.05) is 18.5 Å². The van der Waals surface area contributed by atoms with Gasteiger partial charge >= 0.3 is 6.03 Å². The molecule has 1 saturated heterocycles. The Balaban J connectivity index is 1.42. The van der Waals surface area contributed by atoms with Gasteiger partial charge in [0.2, 0.25) is 0 Å². The molecule has 0 aromatic heterocycles. The second-order valence-electron chi connectivity index (χ2n) is 7.31. The molecule has 2 aliphatic carbocycles. The summed E-state index contributed by atoms with van der Waals surface area (Å²) in [7, 11) is 0. The number of ether oxygens (including phenoxy) is 1. The largest absolute Gasteiger partial charge is 0.379 e. The van der Waals surface area contributed by atoms with Crippen molar-refractivity contribution in [2.75, 3.05) is 26.3 Å². The summed E-state index contributed by atoms with van der Waals surface area (Å²) < 4.78 is 5.73. The van der Waals surface area contributed by atoms with Crippen molar-refractivity contribution in [3.63, 3.8) is 0 Å². The summed E-state index contributed by atoms with van der Waals surface area (Å²) in [4.78, 5) is 14.7. The van der Waals surface area contributed by atoms with Crippen LogP contribution in [0.4, 0.5) is 4.79 Å². The first kappa shape index (κ1) is 15.0. The number of carbonyl (C=O) groups excluding carboxylic acids is 1. The number of nitrogens with one attached hydrogen (secondary N) is 1. The fraction of sp³-hybridized carbons (Fsp3) is 0.611. The van der Waals surface area contributed by atoms with E-state index >= 15 is 0 Å². The molecule has 3 N–H and O–H groups in total. The van der Waals surface area contributed by atoms with Crippen LogP contribution in [0.15, 0.2) is 24.3 Å². The van der Waals surface area contributed by atoms with Crippen molar-refractivity contribution in [2.45, 2.75) is 37.8 Å². The summed E-state index contributed by atoms with van der Waals surface area (Å²) in [6.45, 7) is 2.91. The molecular formula is C18H25N3O2. The highest BCUT2D eigenvalue weighted by Crippen LogP contribution is 2.42. The molecule has 3 aliphatic rings. The van der Waals surface area contributed by atoms with Gasteiger partial charge in [-0.3, -0.25) is 0 Å². The first-order valence-corrected chi connectivity index (χ1v) is 8.63. The summed E-state index contributed by atoms with van der Waals surface area (Å²) in [5.74, 6) is 0. The van der Waals surface area contributed by atoms with E-state index in [0.29, 0.717) is 13.2 Å². The van der Waals surface area contributed by atoms with E-state index in [9.17, 15) is 4.79 Å². The number of hydrogen-bond donors (Lipinski definition) is 2. The highest BCUT2D eigenvalue weighted by atomic mass is 16.5. The second-order valence-corrected chi connectivity index (χ2v) is 7.31. The zero-order valence-electron chi connectivity index (χ0n) is 13.5. The van der Waals surface area contributed by atoms with E-state index in [1.807, 2.05) is 17.0 Å². The summed E-state index contributed by atoms with van der Waals surface area (Å²) in [6.07, 6.45) is 4.41. The number of carbonyl (C=O) groups is 1. The molecule has 2 atom stereocenters. The Kier molecular flexibility index (Phi) is 3.77. The zero-order valence-corrected chi connectivity index (χ0v) is 13.5. The van der Waals surface area contributed by atoms with Crippen LogP contribution in [0.3, 0.4) is 0 Å². The molecule has 4 rings (SSSR count). The van der Waals surface area contributed by atoms with Gasteiger partial charge in [0.25, 0.3) is 0 Å². The van der Waals surface area contributed by atoms with E-state index in [1.165, 1.54) is 24.8 Å². The minimum absolute atomic E-state index is 0.00929. The Morgan fingerprint density at radius 2 is 2.17 bits per heavy atom. The number of urea groups is 1. The number of rotatable bonds is 1. The van der Waals surface area contributed by atoms with Crippen molar-refractivity contribution in [1.29, 1.82) is 0 Å². The number of hydrogen-bond acceptors (Lipinski definition) is 3. The molecule has 1 aromatic carbocycles. The van der Waals surface area contributed by atoms with E-state index < -0.39 is 0 Å². The predicted octanol–water partition coefficient (Wildman–Crippen LogP) is 1.82. The van der Waals surface area contributed by atoms with Gasteiger partial charge in [-0.2, -0.15) is 0 Å². The lowest BCUT2D eigenvalue weighted by atomic mass is 9.69. The summed E-state index contributed by atoms with van der Waals surface area (Å²) in [5.41, 5.74) is 8.94. The number of nitrogens with zero attached hydrogens (tertiary/aromatic N) is 1. The monoisotopic (exact) mass is 315 g/mol. The minimum Gasteiger partial charge on any atom is -0.379 e. The van der Waals surface area contributed by atoms with Crippen molar-refractivity contribution < 1.29 is 9.53 Å². The van der Waals surface area contributed by atoms with E-state index in [1.54, 1.807) is 0 Å². The van der Waals surface area contributed by atoms with Gasteiger partial charge in [-0.15, -0.1) is 0 Å². The Hall–Kier alpha value is -1.59. The number of amides is 2. The minimum atomic E-state index is -0.115. The molecule has 1 spiro atoms. The van der Waals surface area contributed by atoms with Crippen molar-refractivity contribution >= 4 is 6.03 Å². The molecule has 1 aromatic rings. The van der Waals surface area contributed by atoms with Crippen LogP contribution in [-0.2, 0) is 11.2 Å². The van der Waals surface area contributed by atoms with Crippen LogP contribution in [0.1, 0.15) is 36.4 Å². The summed E-state index contributed by atoms with van der Waals surface area (Å²) in [5, 5.41) is 3.17. The second kappa shape index (κ2) is 5.80. The maximum atomic E-state index is 12.7. The summed E-state index contributed by atoms with van der Waals surface area (Å²) in [6, 6.07) is 8.09. The van der Waals surface area contributed by atoms with Crippen LogP contribution in [0, 0.1) is 5.41 Å². The number of nitrogens with two attached hydrogens (primary N) is 1. The van der Waals surface area contributed by atoms with Gasteiger partial charge in [-0.05, 0) is 30.4 Å². The molecule has 2 amide bonds. The standard InChI is InChI=1S/C18H25N3O2/c19-16-14-5-2-1-4-13(14)10-15(16)20-17(22)21-8-9-23-12-18(11-21)6-3-7-18/h1-2,4-5,15-16H,3,6-12,19H2,(H,20,22)/t15-,16-/m1/s1. The maximum Gasteiger partial charge on any atom is 0.317 e. The molecular weight excluding hydrogens is 290 g/mol. The molecule has 2 fully saturated rings. The predicted molar refractivity (Wildman–Crippen MR) is 88.1 cm³/mol. The topological polar surface area (TPSA) is 67.6 Å². The Morgan fingerprint density at radius 1 is 1.35 bits per heavy atom. The summed E-state index contributed by atoms with van der Waals surface area (Å²) >= 11 is 0. The normalized spacial score (nSPS) is 28.8. The third kappa shape index (κ3) is 2.72. The van der Waals surface area contributed by atoms with Crippen molar-refractivity contribution in [3.05, 3.63) is 35.4 Å². The van der Waals surface area contributed by atoms with Crippen LogP contribution in [0.5, 0.6) is 0 Å². The van der Waals surface area contributed by atoms with Crippen molar-refractivity contribution in [3.8, 4) is 0 Å². The van der Waals surface area contributed by atoms with E-state index in [0.717, 1.165) is 25.1 Å². The molecule has 0 bridgehead atoms. The highest BCUT2D eigenvalue weighted by molar-refractivity contribution is 5.75. The average Bonchev–Trinajstić information content (AvgIpc) is 2.73. The molecule has 5 nitrogen and oxygen atoms in total. The first-order valence-electron chi connectivity index (χ1n) is 8.63. The number of benzene rings is 1. The molecule has 1 aliphatic heterocycles. The Morgan fingerprint density at radius 3 is 2.91 bits per heavy atom. The lowest BCUT2D eigenvalue weighted by Crippen LogP contribution is -2.52. The van der Waals surface area contributed by atoms with E-state index in [4.69, 9.17) is 10.5 Å². The van der Waals surface area contributed by atoms with Crippen LogP contribution < -0.4 is 11.1 Å². The van der Waals surface area contributed by atoms with Gasteiger partial charge in [-0.1, -0.05) is 30.7 Å². The third-order valence-corrected chi connectivity index (χ3v) is 5.74. The van der Waals surface area contributed by atoms with E-state index in [2.05, 4.69) is 17.4 Å². The lowest BCUT2D eigenvalue weighted by Gasteiger charge is -2.42. The molecule has 1 saturated carbocycles. The molecule has 23 heavy (non-hydrogen) atoms. The molecule has 0 radical (unpaired) electrons. The molecule has 0 unspecified atom stereocenters. The Bertz CT molecular complexity index is 600. The molecule has 1 heterocycles. The van der Waals surface area contributed by atoms with Gasteiger partial charge in [-0.25, -0.2) is 4.79 Å². The third-order valence-electron chi connectivity index (χ3n) is 5.74. The fourth-order valence-electron chi connectivity index (χ4n) is 4.16. The van der Waals surface area contributed by atoms with Gasteiger partial charge in [0.15, 0.2) is 0 Å². The fourth-order valence-corrected chi connectivity index (χ4v) is 4.16. The van der Waals surface area contributed by atoms with Gasteiger partial charge in [0.1, 0.15) is 0 Å². The first-order chi connectivity index (χ1) is 11.2. The quantitative estimate of drug-likeness (QED) is 0.831. The van der Waals surface area contributed by atoms with Crippen LogP contribution >= 0.6 is 0 Å². The van der Waals surface area contributed by atoms with Crippen molar-refractivity contribution in [2.24, 2.45) is 11.1 Å². The lowest BCUT2D eigenvalue weighted by molar-refractivity contribution is 0.0125. The highest BCUT2D eigenvalue weighted by Gasteiger charge is 2.42. The number of fused-ring (bicyclic) bond motifs is 1. The average molecular weight is 315 g/mol. The van der Waals surface area contributed by atoms with Crippen LogP contribution in [0.25, 0.3) is 0 Å². The molecule has 124 valence electrons. The zero-order chi connectivity index (χ0) is 15.9. The Labute approximate surface area is 137 Å².